The predicted molar refractivity (Wildman–Crippen MR) is 27.0 cm³/mol. The van der Waals surface area contributed by atoms with Crippen molar-refractivity contribution in [3.05, 3.63) is 0 Å². The van der Waals surface area contributed by atoms with Crippen LogP contribution in [0.1, 0.15) is 0 Å². The van der Waals surface area contributed by atoms with Crippen molar-refractivity contribution in [3.63, 3.8) is 0 Å². The smallest absolute Gasteiger partial charge is 0.234 e. The lowest BCUT2D eigenvalue weighted by Crippen LogP contribution is -1.55. The lowest BCUT2D eigenvalue weighted by Gasteiger charge is -1.61. The summed E-state index contributed by atoms with van der Waals surface area (Å²) in [6, 6.07) is 0. The van der Waals surface area contributed by atoms with E-state index in [9.17, 15) is 0 Å². The summed E-state index contributed by atoms with van der Waals surface area (Å²) in [7, 11) is 4.63. The van der Waals surface area contributed by atoms with Crippen molar-refractivity contribution < 1.29 is 9.53 Å². The van der Waals surface area contributed by atoms with Crippen molar-refractivity contribution in [2.45, 2.75) is 0 Å². The maximum atomic E-state index is 8.88. The van der Waals surface area contributed by atoms with Crippen LogP contribution in [0.5, 0.6) is 0 Å². The van der Waals surface area contributed by atoms with Gasteiger partial charge in [0.25, 0.3) is 0 Å². The Balaban J connectivity index is 0. The largest absolute Gasteiger partial charge is 0.388 e. The zero-order valence-electron chi connectivity index (χ0n) is 4.76. The summed E-state index contributed by atoms with van der Waals surface area (Å²) in [5.41, 5.74) is 0. The third-order valence-corrected chi connectivity index (χ3v) is 0.0913. The molecule has 0 saturated carbocycles. The van der Waals surface area contributed by atoms with E-state index in [4.69, 9.17) is 4.79 Å². The van der Waals surface area contributed by atoms with Gasteiger partial charge in [-0.15, -0.1) is 0 Å². The highest BCUT2D eigenvalue weighted by Gasteiger charge is 1.29. The number of rotatable bonds is 0. The minimum Gasteiger partial charge on any atom is -0.388 e. The molecule has 3 heteroatoms. The van der Waals surface area contributed by atoms with Crippen LogP contribution in [-0.4, -0.2) is 27.3 Å². The lowest BCUT2D eigenvalue weighted by molar-refractivity contribution is 0.277. The van der Waals surface area contributed by atoms with Gasteiger partial charge in [0.05, 0.1) is 0 Å². The fraction of sp³-hybridized carbons (Fsp3) is 0.750. The van der Waals surface area contributed by atoms with Crippen LogP contribution in [-0.2, 0) is 9.53 Å². The Morgan fingerprint density at radius 2 is 1.71 bits per heavy atom. The highest BCUT2D eigenvalue weighted by molar-refractivity contribution is 5.32. The average Bonchev–Trinajstić information content (AvgIpc) is 1.69. The molecule has 3 nitrogen and oxygen atoms in total. The molecule has 0 saturated heterocycles. The number of hydrogen-bond donors (Lipinski definition) is 0. The van der Waals surface area contributed by atoms with Crippen LogP contribution < -0.4 is 0 Å². The molecule has 0 amide bonds. The van der Waals surface area contributed by atoms with E-state index in [1.807, 2.05) is 0 Å². The summed E-state index contributed by atoms with van der Waals surface area (Å²) in [6.45, 7) is 0. The van der Waals surface area contributed by atoms with Gasteiger partial charge in [0.15, 0.2) is 0 Å². The molecule has 0 unspecified atom stereocenters. The zero-order chi connectivity index (χ0) is 6.12. The van der Waals surface area contributed by atoms with Gasteiger partial charge in [-0.2, -0.15) is 0 Å². The quantitative estimate of drug-likeness (QED) is 0.325. The van der Waals surface area contributed by atoms with Gasteiger partial charge in [0.2, 0.25) is 6.08 Å². The van der Waals surface area contributed by atoms with Crippen LogP contribution in [0, 0.1) is 0 Å². The molecule has 0 rings (SSSR count). The fourth-order valence-electron chi connectivity index (χ4n) is 0. The Morgan fingerprint density at radius 3 is 1.71 bits per heavy atom. The van der Waals surface area contributed by atoms with Crippen molar-refractivity contribution in [2.75, 3.05) is 21.3 Å². The van der Waals surface area contributed by atoms with E-state index in [2.05, 4.69) is 9.73 Å². The van der Waals surface area contributed by atoms with Crippen molar-refractivity contribution in [1.29, 1.82) is 0 Å². The third kappa shape index (κ3) is 515. The van der Waals surface area contributed by atoms with Gasteiger partial charge in [-0.25, -0.2) is 9.79 Å². The predicted octanol–water partition coefficient (Wildman–Crippen LogP) is 0.215. The minimum absolute atomic E-state index is 1.31. The first-order valence-electron chi connectivity index (χ1n) is 1.69. The molecule has 0 bridgehead atoms. The van der Waals surface area contributed by atoms with Gasteiger partial charge in [-0.05, 0) is 0 Å². The molecule has 7 heavy (non-hydrogen) atoms. The number of isocyanates is 1. The van der Waals surface area contributed by atoms with E-state index in [-0.39, 0.29) is 0 Å². The summed E-state index contributed by atoms with van der Waals surface area (Å²) < 4.78 is 4.25. The first-order chi connectivity index (χ1) is 3.33. The van der Waals surface area contributed by atoms with E-state index < -0.39 is 0 Å². The first-order valence-corrected chi connectivity index (χ1v) is 1.69. The number of nitrogens with zero attached hydrogens (tertiary/aromatic N) is 1. The fourth-order valence-corrected chi connectivity index (χ4v) is 0. The number of hydrogen-bond acceptors (Lipinski definition) is 3. The van der Waals surface area contributed by atoms with Crippen LogP contribution in [0.2, 0.25) is 0 Å². The first kappa shape index (κ1) is 9.60. The Hall–Kier alpha value is -0.660. The SMILES string of the molecule is CN=C=O.COC. The standard InChI is InChI=1S/C2H3NO.C2H6O/c1-3-2-4;1-3-2/h1H3;1-2H3. The van der Waals surface area contributed by atoms with Gasteiger partial charge in [-0.1, -0.05) is 0 Å². The summed E-state index contributed by atoms with van der Waals surface area (Å²) in [5.74, 6) is 0. The van der Waals surface area contributed by atoms with E-state index in [0.29, 0.717) is 0 Å². The summed E-state index contributed by atoms with van der Waals surface area (Å²) in [6.07, 6.45) is 1.31. The number of ether oxygens (including phenoxy) is 1. The molecule has 0 aromatic rings. The monoisotopic (exact) mass is 103 g/mol. The van der Waals surface area contributed by atoms with Crippen molar-refractivity contribution >= 4 is 6.08 Å². The zero-order valence-corrected chi connectivity index (χ0v) is 4.76. The van der Waals surface area contributed by atoms with Gasteiger partial charge < -0.3 is 4.74 Å². The molecule has 0 fully saturated rings. The second-order valence-electron chi connectivity index (χ2n) is 0.723. The molecule has 0 radical (unpaired) electrons. The van der Waals surface area contributed by atoms with Gasteiger partial charge >= 0.3 is 0 Å². The maximum Gasteiger partial charge on any atom is 0.234 e. The highest BCUT2D eigenvalue weighted by atomic mass is 16.4. The summed E-state index contributed by atoms with van der Waals surface area (Å²) in [4.78, 5) is 11.8. The maximum absolute atomic E-state index is 8.88. The van der Waals surface area contributed by atoms with Crippen LogP contribution in [0.25, 0.3) is 0 Å². The number of methoxy groups -OCH3 is 1. The van der Waals surface area contributed by atoms with E-state index in [0.717, 1.165) is 0 Å². The Labute approximate surface area is 43.0 Å². The molecule has 42 valence electrons. The van der Waals surface area contributed by atoms with E-state index >= 15 is 0 Å². The molecule has 0 atom stereocenters. The Morgan fingerprint density at radius 1 is 1.57 bits per heavy atom. The molecule has 0 aliphatic heterocycles. The number of carbonyl (C=O) groups excluding carboxylic acids is 1. The molecular formula is C4H9NO2. The van der Waals surface area contributed by atoms with Crippen LogP contribution in [0.4, 0.5) is 0 Å². The summed E-state index contributed by atoms with van der Waals surface area (Å²) >= 11 is 0. The highest BCUT2D eigenvalue weighted by Crippen LogP contribution is 1.28. The Kier molecular flexibility index (Phi) is 25.2. The summed E-state index contributed by atoms with van der Waals surface area (Å²) in [5, 5.41) is 0. The second-order valence-corrected chi connectivity index (χ2v) is 0.723. The van der Waals surface area contributed by atoms with E-state index in [1.54, 1.807) is 14.2 Å². The minimum atomic E-state index is 1.31. The van der Waals surface area contributed by atoms with Crippen molar-refractivity contribution in [1.82, 2.24) is 0 Å². The van der Waals surface area contributed by atoms with Crippen LogP contribution in [0.3, 0.4) is 0 Å². The average molecular weight is 103 g/mol. The van der Waals surface area contributed by atoms with Gasteiger partial charge in [-0.3, -0.25) is 0 Å². The molecule has 0 heterocycles. The number of aliphatic imine (C=N–C) groups is 1. The molecule has 0 spiro atoms. The topological polar surface area (TPSA) is 38.7 Å². The third-order valence-electron chi connectivity index (χ3n) is 0.0913. The van der Waals surface area contributed by atoms with Gasteiger partial charge in [0.1, 0.15) is 0 Å². The van der Waals surface area contributed by atoms with Crippen LogP contribution >= 0.6 is 0 Å². The lowest BCUT2D eigenvalue weighted by atomic mass is 11.4. The van der Waals surface area contributed by atoms with Crippen LogP contribution in [0.15, 0.2) is 4.99 Å². The molecule has 0 N–H and O–H groups in total. The molecule has 0 aliphatic rings. The van der Waals surface area contributed by atoms with Crippen molar-refractivity contribution in [3.8, 4) is 0 Å². The van der Waals surface area contributed by atoms with Gasteiger partial charge in [0, 0.05) is 21.3 Å². The Bertz CT molecular complexity index is 56.7. The molecular weight excluding hydrogens is 94.0 g/mol. The second kappa shape index (κ2) is 18.4. The molecule has 0 aromatic heterocycles. The molecule has 0 aliphatic carbocycles. The molecule has 0 aromatic carbocycles. The normalized spacial score (nSPS) is 5.00. The van der Waals surface area contributed by atoms with E-state index in [1.165, 1.54) is 13.1 Å². The van der Waals surface area contributed by atoms with Crippen molar-refractivity contribution in [2.24, 2.45) is 4.99 Å².